The van der Waals surface area contributed by atoms with Gasteiger partial charge in [-0.05, 0) is 44.1 Å². The lowest BCUT2D eigenvalue weighted by atomic mass is 10.2. The smallest absolute Gasteiger partial charge is 0.191 e. The van der Waals surface area contributed by atoms with Gasteiger partial charge in [0.15, 0.2) is 5.96 Å². The summed E-state index contributed by atoms with van der Waals surface area (Å²) in [6.45, 7) is 4.96. The van der Waals surface area contributed by atoms with Crippen molar-refractivity contribution in [3.8, 4) is 0 Å². The van der Waals surface area contributed by atoms with Gasteiger partial charge in [0.2, 0.25) is 0 Å². The molecule has 0 aliphatic carbocycles. The number of aromatic nitrogens is 2. The Morgan fingerprint density at radius 2 is 2.25 bits per heavy atom. The van der Waals surface area contributed by atoms with Crippen molar-refractivity contribution < 1.29 is 0 Å². The van der Waals surface area contributed by atoms with E-state index in [1.165, 1.54) is 24.1 Å². The molecule has 0 bridgehead atoms. The Morgan fingerprint density at radius 1 is 1.38 bits per heavy atom. The molecule has 3 rings (SSSR count). The Labute approximate surface area is 148 Å². The van der Waals surface area contributed by atoms with Crippen LogP contribution < -0.4 is 10.6 Å². The van der Waals surface area contributed by atoms with Gasteiger partial charge in [-0.15, -0.1) is 0 Å². The SMILES string of the molecule is CN=C(NCCCn1c(C)nc2ccccc21)NCC1CCCS1. The first-order chi connectivity index (χ1) is 11.8. The Morgan fingerprint density at radius 3 is 3.04 bits per heavy atom. The monoisotopic (exact) mass is 345 g/mol. The normalized spacial score (nSPS) is 18.2. The Hall–Kier alpha value is -1.69. The summed E-state index contributed by atoms with van der Waals surface area (Å²) in [5.74, 6) is 3.29. The highest BCUT2D eigenvalue weighted by Crippen LogP contribution is 2.25. The summed E-state index contributed by atoms with van der Waals surface area (Å²) >= 11 is 2.07. The van der Waals surface area contributed by atoms with Crippen molar-refractivity contribution in [2.75, 3.05) is 25.9 Å². The van der Waals surface area contributed by atoms with Crippen molar-refractivity contribution in [2.45, 2.75) is 38.0 Å². The molecule has 1 aliphatic rings. The number of aliphatic imine (C=N–C) groups is 1. The zero-order valence-electron chi connectivity index (χ0n) is 14.6. The number of benzene rings is 1. The molecule has 1 aromatic heterocycles. The molecular weight excluding hydrogens is 318 g/mol. The van der Waals surface area contributed by atoms with Crippen LogP contribution in [0.25, 0.3) is 11.0 Å². The van der Waals surface area contributed by atoms with E-state index in [0.717, 1.165) is 48.6 Å². The van der Waals surface area contributed by atoms with Gasteiger partial charge in [0.25, 0.3) is 0 Å². The summed E-state index contributed by atoms with van der Waals surface area (Å²) in [5.41, 5.74) is 2.30. The van der Waals surface area contributed by atoms with Crippen molar-refractivity contribution in [1.29, 1.82) is 0 Å². The average Bonchev–Trinajstić information content (AvgIpc) is 3.22. The van der Waals surface area contributed by atoms with Crippen molar-refractivity contribution >= 4 is 28.8 Å². The number of para-hydroxylation sites is 2. The quantitative estimate of drug-likeness (QED) is 0.480. The third-order valence-corrected chi connectivity index (χ3v) is 5.84. The minimum absolute atomic E-state index is 0.739. The van der Waals surface area contributed by atoms with Gasteiger partial charge in [-0.2, -0.15) is 11.8 Å². The highest BCUT2D eigenvalue weighted by molar-refractivity contribution is 8.00. The Bertz CT molecular complexity index is 688. The number of nitrogens with zero attached hydrogens (tertiary/aromatic N) is 3. The third-order valence-electron chi connectivity index (χ3n) is 4.44. The van der Waals surface area contributed by atoms with Crippen LogP contribution in [0.4, 0.5) is 0 Å². The van der Waals surface area contributed by atoms with Crippen molar-refractivity contribution in [3.63, 3.8) is 0 Å². The molecule has 0 radical (unpaired) electrons. The molecule has 1 aliphatic heterocycles. The molecule has 2 heterocycles. The molecule has 130 valence electrons. The van der Waals surface area contributed by atoms with Gasteiger partial charge in [-0.25, -0.2) is 4.98 Å². The van der Waals surface area contributed by atoms with Crippen LogP contribution in [0.1, 0.15) is 25.1 Å². The number of thioether (sulfide) groups is 1. The van der Waals surface area contributed by atoms with E-state index in [9.17, 15) is 0 Å². The van der Waals surface area contributed by atoms with Crippen molar-refractivity contribution in [2.24, 2.45) is 4.99 Å². The van der Waals surface area contributed by atoms with E-state index in [2.05, 4.69) is 62.1 Å². The molecule has 24 heavy (non-hydrogen) atoms. The maximum Gasteiger partial charge on any atom is 0.191 e. The molecule has 0 spiro atoms. The summed E-state index contributed by atoms with van der Waals surface area (Å²) in [7, 11) is 1.84. The minimum atomic E-state index is 0.739. The standard InChI is InChI=1S/C18H27N5S/c1-14-22-16-8-3-4-9-17(16)23(14)11-6-10-20-18(19-2)21-13-15-7-5-12-24-15/h3-4,8-9,15H,5-7,10-13H2,1-2H3,(H2,19,20,21). The van der Waals surface area contributed by atoms with E-state index >= 15 is 0 Å². The second-order valence-corrected chi connectivity index (χ2v) is 7.58. The summed E-state index contributed by atoms with van der Waals surface area (Å²) in [6, 6.07) is 8.33. The van der Waals surface area contributed by atoms with Crippen molar-refractivity contribution in [3.05, 3.63) is 30.1 Å². The lowest BCUT2D eigenvalue weighted by Gasteiger charge is -2.15. The van der Waals surface area contributed by atoms with Gasteiger partial charge >= 0.3 is 0 Å². The Balaban J connectivity index is 1.44. The largest absolute Gasteiger partial charge is 0.356 e. The summed E-state index contributed by atoms with van der Waals surface area (Å²) in [4.78, 5) is 8.94. The number of hydrogen-bond acceptors (Lipinski definition) is 3. The molecule has 1 atom stereocenters. The van der Waals surface area contributed by atoms with Gasteiger partial charge in [0.1, 0.15) is 5.82 Å². The fourth-order valence-electron chi connectivity index (χ4n) is 3.16. The van der Waals surface area contributed by atoms with Gasteiger partial charge in [0, 0.05) is 31.9 Å². The maximum atomic E-state index is 4.62. The second kappa shape index (κ2) is 8.42. The molecule has 1 aromatic carbocycles. The van der Waals surface area contributed by atoms with E-state index in [0.29, 0.717) is 0 Å². The summed E-state index contributed by atoms with van der Waals surface area (Å²) in [6.07, 6.45) is 3.71. The predicted molar refractivity (Wildman–Crippen MR) is 104 cm³/mol. The number of nitrogens with one attached hydrogen (secondary N) is 2. The fourth-order valence-corrected chi connectivity index (χ4v) is 4.36. The molecule has 0 amide bonds. The van der Waals surface area contributed by atoms with Gasteiger partial charge in [-0.1, -0.05) is 12.1 Å². The third kappa shape index (κ3) is 4.23. The van der Waals surface area contributed by atoms with E-state index in [-0.39, 0.29) is 0 Å². The minimum Gasteiger partial charge on any atom is -0.356 e. The van der Waals surface area contributed by atoms with Crippen LogP contribution in [0, 0.1) is 6.92 Å². The van der Waals surface area contributed by atoms with Crippen LogP contribution in [0.15, 0.2) is 29.3 Å². The van der Waals surface area contributed by atoms with Crippen LogP contribution in [-0.2, 0) is 6.54 Å². The highest BCUT2D eigenvalue weighted by atomic mass is 32.2. The fraction of sp³-hybridized carbons (Fsp3) is 0.556. The lowest BCUT2D eigenvalue weighted by molar-refractivity contribution is 0.623. The maximum absolute atomic E-state index is 4.62. The zero-order valence-corrected chi connectivity index (χ0v) is 15.4. The molecule has 1 saturated heterocycles. The van der Waals surface area contributed by atoms with E-state index in [1.54, 1.807) is 0 Å². The molecule has 2 aromatic rings. The molecular formula is C18H27N5S. The van der Waals surface area contributed by atoms with E-state index < -0.39 is 0 Å². The first kappa shape index (κ1) is 17.1. The molecule has 1 fully saturated rings. The number of aryl methyl sites for hydroxylation is 2. The number of imidazole rings is 1. The lowest BCUT2D eigenvalue weighted by Crippen LogP contribution is -2.40. The number of hydrogen-bond donors (Lipinski definition) is 2. The Kier molecular flexibility index (Phi) is 6.01. The zero-order chi connectivity index (χ0) is 16.8. The predicted octanol–water partition coefficient (Wildman–Crippen LogP) is 2.80. The van der Waals surface area contributed by atoms with Crippen LogP contribution in [-0.4, -0.2) is 46.7 Å². The summed E-state index contributed by atoms with van der Waals surface area (Å²) < 4.78 is 2.29. The first-order valence-electron chi connectivity index (χ1n) is 8.76. The topological polar surface area (TPSA) is 54.2 Å². The number of fused-ring (bicyclic) bond motifs is 1. The molecule has 6 heteroatoms. The van der Waals surface area contributed by atoms with Gasteiger partial charge < -0.3 is 15.2 Å². The molecule has 1 unspecified atom stereocenters. The molecule has 0 saturated carbocycles. The van der Waals surface area contributed by atoms with E-state index in [1.807, 2.05) is 13.1 Å². The van der Waals surface area contributed by atoms with Crippen LogP contribution in [0.3, 0.4) is 0 Å². The van der Waals surface area contributed by atoms with E-state index in [4.69, 9.17) is 0 Å². The second-order valence-electron chi connectivity index (χ2n) is 6.17. The molecule has 2 N–H and O–H groups in total. The first-order valence-corrected chi connectivity index (χ1v) is 9.81. The number of rotatable bonds is 6. The van der Waals surface area contributed by atoms with Crippen LogP contribution in [0.5, 0.6) is 0 Å². The summed E-state index contributed by atoms with van der Waals surface area (Å²) in [5, 5.41) is 7.60. The average molecular weight is 346 g/mol. The van der Waals surface area contributed by atoms with Crippen LogP contribution in [0.2, 0.25) is 0 Å². The van der Waals surface area contributed by atoms with Gasteiger partial charge in [-0.3, -0.25) is 4.99 Å². The van der Waals surface area contributed by atoms with Crippen LogP contribution >= 0.6 is 11.8 Å². The van der Waals surface area contributed by atoms with Crippen molar-refractivity contribution in [1.82, 2.24) is 20.2 Å². The van der Waals surface area contributed by atoms with Gasteiger partial charge in [0.05, 0.1) is 11.0 Å². The molecule has 5 nitrogen and oxygen atoms in total. The number of guanidine groups is 1. The highest BCUT2D eigenvalue weighted by Gasteiger charge is 2.15.